The van der Waals surface area contributed by atoms with Crippen molar-refractivity contribution in [2.24, 2.45) is 0 Å². The second-order valence-corrected chi connectivity index (χ2v) is 8.14. The van der Waals surface area contributed by atoms with Gasteiger partial charge in [0.25, 0.3) is 5.56 Å². The molecule has 168 valence electrons. The van der Waals surface area contributed by atoms with Crippen LogP contribution in [-0.2, 0) is 9.59 Å². The Kier molecular flexibility index (Phi) is 5.83. The largest absolute Gasteiger partial charge is 0.480 e. The van der Waals surface area contributed by atoms with Crippen LogP contribution < -0.4 is 10.9 Å². The zero-order valence-corrected chi connectivity index (χ0v) is 18.3. The smallest absolute Gasteiger partial charge is 0.326 e. The van der Waals surface area contributed by atoms with Crippen LogP contribution in [-0.4, -0.2) is 65.2 Å². The molecule has 1 unspecified atom stereocenters. The molecule has 0 spiro atoms. The number of fused-ring (bicyclic) bond motifs is 1. The normalized spacial score (nSPS) is 15.7. The van der Waals surface area contributed by atoms with Crippen molar-refractivity contribution in [2.75, 3.05) is 18.4 Å². The van der Waals surface area contributed by atoms with Crippen molar-refractivity contribution in [3.8, 4) is 11.3 Å². The van der Waals surface area contributed by atoms with Gasteiger partial charge in [-0.05, 0) is 25.8 Å². The number of nitrogens with one attached hydrogen (secondary N) is 1. The third-order valence-electron chi connectivity index (χ3n) is 5.62. The van der Waals surface area contributed by atoms with E-state index < -0.39 is 17.6 Å². The number of amides is 1. The minimum absolute atomic E-state index is 0.0691. The highest BCUT2D eigenvalue weighted by molar-refractivity contribution is 6.32. The van der Waals surface area contributed by atoms with E-state index in [2.05, 4.69) is 20.4 Å². The monoisotopic (exact) mass is 459 g/mol. The number of carbonyl (C=O) groups excluding carboxylic acids is 1. The fourth-order valence-corrected chi connectivity index (χ4v) is 3.89. The van der Waals surface area contributed by atoms with Crippen LogP contribution in [0.4, 0.5) is 5.95 Å². The first-order valence-electron chi connectivity index (χ1n) is 10.1. The van der Waals surface area contributed by atoms with Gasteiger partial charge in [-0.25, -0.2) is 19.3 Å². The Bertz CT molecular complexity index is 1250. The average molecular weight is 460 g/mol. The molecule has 1 fully saturated rings. The van der Waals surface area contributed by atoms with Crippen LogP contribution in [0, 0.1) is 0 Å². The molecular weight excluding hydrogens is 438 g/mol. The Morgan fingerprint density at radius 3 is 2.69 bits per heavy atom. The number of rotatable bonds is 5. The Balaban J connectivity index is 1.61. The zero-order chi connectivity index (χ0) is 23.0. The molecule has 2 N–H and O–H groups in total. The summed E-state index contributed by atoms with van der Waals surface area (Å²) in [4.78, 5) is 46.1. The van der Waals surface area contributed by atoms with Crippen molar-refractivity contribution in [3.05, 3.63) is 40.2 Å². The molecule has 32 heavy (non-hydrogen) atoms. The average Bonchev–Trinajstić information content (AvgIpc) is 3.20. The van der Waals surface area contributed by atoms with Crippen LogP contribution in [0.3, 0.4) is 0 Å². The highest BCUT2D eigenvalue weighted by Gasteiger charge is 2.22. The number of carbonyl (C=O) groups is 2. The molecule has 0 saturated carbocycles. The second-order valence-electron chi connectivity index (χ2n) is 7.73. The summed E-state index contributed by atoms with van der Waals surface area (Å²) in [6.07, 6.45) is 5.84. The van der Waals surface area contributed by atoms with Gasteiger partial charge in [0.15, 0.2) is 0 Å². The minimum atomic E-state index is -1.13. The predicted octanol–water partition coefficient (Wildman–Crippen LogP) is 1.67. The van der Waals surface area contributed by atoms with Crippen LogP contribution in [0.2, 0.25) is 5.02 Å². The number of hydrogen-bond acceptors (Lipinski definition) is 7. The van der Waals surface area contributed by atoms with E-state index in [1.165, 1.54) is 24.0 Å². The van der Waals surface area contributed by atoms with Gasteiger partial charge in [0.2, 0.25) is 11.9 Å². The maximum Gasteiger partial charge on any atom is 0.326 e. The first kappa shape index (κ1) is 21.8. The van der Waals surface area contributed by atoms with Crippen molar-refractivity contribution in [2.45, 2.75) is 38.8 Å². The maximum absolute atomic E-state index is 12.7. The van der Waals surface area contributed by atoms with Crippen LogP contribution >= 0.6 is 11.6 Å². The van der Waals surface area contributed by atoms with Gasteiger partial charge in [0.1, 0.15) is 17.9 Å². The summed E-state index contributed by atoms with van der Waals surface area (Å²) in [7, 11) is 0. The van der Waals surface area contributed by atoms with Gasteiger partial charge in [-0.15, -0.1) is 0 Å². The number of aliphatic carboxylic acids is 1. The Morgan fingerprint density at radius 1 is 1.31 bits per heavy atom. The summed E-state index contributed by atoms with van der Waals surface area (Å²) in [6, 6.07) is 0.648. The molecule has 12 heteroatoms. The summed E-state index contributed by atoms with van der Waals surface area (Å²) in [5.41, 5.74) is 0.698. The van der Waals surface area contributed by atoms with Crippen molar-refractivity contribution in [1.29, 1.82) is 0 Å². The van der Waals surface area contributed by atoms with Gasteiger partial charge >= 0.3 is 5.97 Å². The summed E-state index contributed by atoms with van der Waals surface area (Å²) in [5, 5.41) is 16.9. The van der Waals surface area contributed by atoms with E-state index in [0.717, 1.165) is 17.4 Å². The molecule has 4 rings (SSSR count). The number of hydrogen-bond donors (Lipinski definition) is 2. The van der Waals surface area contributed by atoms with Gasteiger partial charge in [0.05, 0.1) is 16.9 Å². The number of likely N-dealkylation sites (tertiary alicyclic amines) is 1. The highest BCUT2D eigenvalue weighted by atomic mass is 35.5. The van der Waals surface area contributed by atoms with Gasteiger partial charge in [-0.1, -0.05) is 11.6 Å². The van der Waals surface area contributed by atoms with Crippen LogP contribution in [0.15, 0.2) is 29.6 Å². The maximum atomic E-state index is 12.7. The summed E-state index contributed by atoms with van der Waals surface area (Å²) in [6.45, 7) is 4.32. The number of carboxylic acids is 1. The number of aromatic nitrogens is 5. The minimum Gasteiger partial charge on any atom is -0.480 e. The Morgan fingerprint density at radius 2 is 2.03 bits per heavy atom. The van der Waals surface area contributed by atoms with Crippen molar-refractivity contribution in [3.63, 3.8) is 0 Å². The van der Waals surface area contributed by atoms with Crippen LogP contribution in [0.1, 0.15) is 32.7 Å². The van der Waals surface area contributed by atoms with Crippen LogP contribution in [0.5, 0.6) is 0 Å². The van der Waals surface area contributed by atoms with Gasteiger partial charge in [-0.2, -0.15) is 5.10 Å². The third kappa shape index (κ3) is 4.15. The number of anilines is 1. The van der Waals surface area contributed by atoms with Crippen molar-refractivity contribution in [1.82, 2.24) is 29.0 Å². The Hall–Kier alpha value is -3.47. The molecule has 0 aromatic carbocycles. The van der Waals surface area contributed by atoms with E-state index in [-0.39, 0.29) is 17.5 Å². The van der Waals surface area contributed by atoms with Crippen LogP contribution in [0.25, 0.3) is 16.8 Å². The zero-order valence-electron chi connectivity index (χ0n) is 17.5. The number of nitrogens with zero attached hydrogens (tertiary/aromatic N) is 6. The second kappa shape index (κ2) is 8.58. The number of halogens is 1. The highest BCUT2D eigenvalue weighted by Crippen LogP contribution is 2.28. The first-order valence-corrected chi connectivity index (χ1v) is 10.5. The lowest BCUT2D eigenvalue weighted by Crippen LogP contribution is -2.41. The lowest BCUT2D eigenvalue weighted by Gasteiger charge is -2.31. The molecule has 1 amide bonds. The van der Waals surface area contributed by atoms with Gasteiger partial charge in [0, 0.05) is 37.8 Å². The van der Waals surface area contributed by atoms with E-state index in [9.17, 15) is 19.5 Å². The summed E-state index contributed by atoms with van der Waals surface area (Å²) in [5.74, 6) is -0.667. The van der Waals surface area contributed by atoms with Gasteiger partial charge < -0.3 is 15.3 Å². The topological polar surface area (TPSA) is 135 Å². The quantitative estimate of drug-likeness (QED) is 0.588. The number of piperidine rings is 1. The lowest BCUT2D eigenvalue weighted by molar-refractivity contribution is -0.140. The SMILES string of the molecule is CC(=O)N1CCC(Nc2ncc(Cl)c(-c3cc4c(=O)n(C(C)C(=O)O)cnn4c3)n2)CC1. The van der Waals surface area contributed by atoms with E-state index >= 15 is 0 Å². The first-order chi connectivity index (χ1) is 15.2. The molecule has 0 radical (unpaired) electrons. The van der Waals surface area contributed by atoms with E-state index in [1.807, 2.05) is 4.90 Å². The van der Waals surface area contributed by atoms with Crippen molar-refractivity contribution >= 4 is 34.9 Å². The molecule has 11 nitrogen and oxygen atoms in total. The van der Waals surface area contributed by atoms with E-state index in [4.69, 9.17) is 11.6 Å². The molecule has 3 aromatic rings. The standard InChI is InChI=1S/C20H22ClN7O4/c1-11(19(31)32)27-10-23-28-9-13(7-16(28)18(27)30)17-15(21)8-22-20(25-17)24-14-3-5-26(6-4-14)12(2)29/h7-11,14H,3-6H2,1-2H3,(H,31,32)(H,22,24,25). The number of carboxylic acid groups (broad SMARTS) is 1. The van der Waals surface area contributed by atoms with Gasteiger partial charge in [-0.3, -0.25) is 14.2 Å². The molecule has 0 bridgehead atoms. The molecule has 4 heterocycles. The lowest BCUT2D eigenvalue weighted by atomic mass is 10.1. The molecule has 1 aliphatic heterocycles. The molecule has 1 atom stereocenters. The predicted molar refractivity (Wildman–Crippen MR) is 117 cm³/mol. The van der Waals surface area contributed by atoms with Crippen molar-refractivity contribution < 1.29 is 14.7 Å². The summed E-state index contributed by atoms with van der Waals surface area (Å²) < 4.78 is 2.43. The summed E-state index contributed by atoms with van der Waals surface area (Å²) >= 11 is 6.33. The fourth-order valence-electron chi connectivity index (χ4n) is 3.69. The molecule has 3 aromatic heterocycles. The molecule has 0 aliphatic carbocycles. The third-order valence-corrected chi connectivity index (χ3v) is 5.90. The molecule has 1 saturated heterocycles. The van der Waals surface area contributed by atoms with E-state index in [1.54, 1.807) is 19.2 Å². The fraction of sp³-hybridized carbons (Fsp3) is 0.400. The molecular formula is C20H22ClN7O4. The molecule has 1 aliphatic rings. The van der Waals surface area contributed by atoms with E-state index in [0.29, 0.717) is 35.3 Å². The Labute approximate surface area is 187 Å².